The summed E-state index contributed by atoms with van der Waals surface area (Å²) in [5.74, 6) is -0.143. The second kappa shape index (κ2) is 6.81. The molecule has 0 radical (unpaired) electrons. The van der Waals surface area contributed by atoms with Crippen molar-refractivity contribution in [3.05, 3.63) is 46.7 Å². The highest BCUT2D eigenvalue weighted by Crippen LogP contribution is 2.17. The maximum absolute atomic E-state index is 13.5. The van der Waals surface area contributed by atoms with E-state index in [1.165, 1.54) is 6.07 Å². The number of benzene rings is 1. The second-order valence-corrected chi connectivity index (χ2v) is 4.63. The van der Waals surface area contributed by atoms with E-state index in [2.05, 4.69) is 27.8 Å². The molecule has 0 bridgehead atoms. The highest BCUT2D eigenvalue weighted by molar-refractivity contribution is 9.10. The maximum Gasteiger partial charge on any atom is 0.126 e. The molecule has 0 spiro atoms. The van der Waals surface area contributed by atoms with Crippen LogP contribution in [0.25, 0.3) is 0 Å². The lowest BCUT2D eigenvalue weighted by Crippen LogP contribution is -2.30. The summed E-state index contributed by atoms with van der Waals surface area (Å²) in [5, 5.41) is 3.33. The topological polar surface area (TPSA) is 12.0 Å². The van der Waals surface area contributed by atoms with Gasteiger partial charge < -0.3 is 5.32 Å². The summed E-state index contributed by atoms with van der Waals surface area (Å²) < 4.78 is 14.5. The summed E-state index contributed by atoms with van der Waals surface area (Å²) in [5.41, 5.74) is 0.738. The molecule has 0 aliphatic rings. The van der Waals surface area contributed by atoms with Gasteiger partial charge in [-0.2, -0.15) is 0 Å². The van der Waals surface area contributed by atoms with Gasteiger partial charge in [-0.05, 0) is 43.1 Å². The molecule has 16 heavy (non-hydrogen) atoms. The molecule has 0 aromatic heterocycles. The fourth-order valence-corrected chi connectivity index (χ4v) is 2.10. The maximum atomic E-state index is 13.5. The number of halogens is 2. The third kappa shape index (κ3) is 4.06. The van der Waals surface area contributed by atoms with Crippen molar-refractivity contribution in [3.63, 3.8) is 0 Å². The Bertz CT molecular complexity index is 352. The minimum atomic E-state index is -0.143. The SMILES string of the molecule is C=CCC(Cc1cc(Br)ccc1F)NCC. The van der Waals surface area contributed by atoms with E-state index in [1.54, 1.807) is 6.07 Å². The molecule has 0 amide bonds. The molecule has 1 rings (SSSR count). The third-order valence-corrected chi connectivity index (χ3v) is 2.91. The molecule has 0 heterocycles. The highest BCUT2D eigenvalue weighted by atomic mass is 79.9. The van der Waals surface area contributed by atoms with Crippen LogP contribution >= 0.6 is 15.9 Å². The number of nitrogens with one attached hydrogen (secondary N) is 1. The van der Waals surface area contributed by atoms with E-state index in [-0.39, 0.29) is 11.9 Å². The van der Waals surface area contributed by atoms with Crippen LogP contribution in [0.3, 0.4) is 0 Å². The minimum absolute atomic E-state index is 0.143. The average molecular weight is 286 g/mol. The van der Waals surface area contributed by atoms with Crippen molar-refractivity contribution < 1.29 is 4.39 Å². The number of likely N-dealkylation sites (N-methyl/N-ethyl adjacent to an activating group) is 1. The van der Waals surface area contributed by atoms with Crippen molar-refractivity contribution in [2.24, 2.45) is 0 Å². The first kappa shape index (κ1) is 13.4. The van der Waals surface area contributed by atoms with Gasteiger partial charge in [-0.15, -0.1) is 6.58 Å². The Labute approximate surface area is 105 Å². The summed E-state index contributed by atoms with van der Waals surface area (Å²) >= 11 is 3.36. The van der Waals surface area contributed by atoms with Gasteiger partial charge >= 0.3 is 0 Å². The smallest absolute Gasteiger partial charge is 0.126 e. The summed E-state index contributed by atoms with van der Waals surface area (Å²) in [6.45, 7) is 6.65. The molecule has 1 aromatic rings. The first-order valence-corrected chi connectivity index (χ1v) is 6.24. The third-order valence-electron chi connectivity index (χ3n) is 2.42. The van der Waals surface area contributed by atoms with Crippen LogP contribution in [0.4, 0.5) is 4.39 Å². The number of hydrogen-bond acceptors (Lipinski definition) is 1. The fourth-order valence-electron chi connectivity index (χ4n) is 1.69. The van der Waals surface area contributed by atoms with Crippen LogP contribution in [-0.4, -0.2) is 12.6 Å². The Hall–Kier alpha value is -0.670. The van der Waals surface area contributed by atoms with Crippen molar-refractivity contribution in [1.82, 2.24) is 5.32 Å². The molecule has 0 aliphatic carbocycles. The molecule has 0 fully saturated rings. The number of hydrogen-bond donors (Lipinski definition) is 1. The monoisotopic (exact) mass is 285 g/mol. The molecular weight excluding hydrogens is 269 g/mol. The van der Waals surface area contributed by atoms with Crippen LogP contribution in [0, 0.1) is 5.82 Å². The second-order valence-electron chi connectivity index (χ2n) is 3.72. The molecule has 0 saturated heterocycles. The first-order valence-electron chi connectivity index (χ1n) is 5.45. The quantitative estimate of drug-likeness (QED) is 0.786. The van der Waals surface area contributed by atoms with Gasteiger partial charge in [0.15, 0.2) is 0 Å². The molecule has 1 atom stereocenters. The van der Waals surface area contributed by atoms with E-state index in [9.17, 15) is 4.39 Å². The van der Waals surface area contributed by atoms with E-state index in [0.717, 1.165) is 23.0 Å². The average Bonchev–Trinajstić information content (AvgIpc) is 2.24. The van der Waals surface area contributed by atoms with Crippen molar-refractivity contribution in [1.29, 1.82) is 0 Å². The van der Waals surface area contributed by atoms with E-state index in [1.807, 2.05) is 19.1 Å². The van der Waals surface area contributed by atoms with E-state index in [0.29, 0.717) is 6.42 Å². The van der Waals surface area contributed by atoms with Gasteiger partial charge in [-0.3, -0.25) is 0 Å². The van der Waals surface area contributed by atoms with Gasteiger partial charge in [0.05, 0.1) is 0 Å². The molecule has 1 aromatic carbocycles. The van der Waals surface area contributed by atoms with Crippen molar-refractivity contribution in [3.8, 4) is 0 Å². The Morgan fingerprint density at radius 3 is 2.94 bits per heavy atom. The molecule has 1 N–H and O–H groups in total. The normalized spacial score (nSPS) is 12.4. The van der Waals surface area contributed by atoms with Crippen molar-refractivity contribution >= 4 is 15.9 Å². The largest absolute Gasteiger partial charge is 0.314 e. The van der Waals surface area contributed by atoms with Gasteiger partial charge in [-0.25, -0.2) is 4.39 Å². The van der Waals surface area contributed by atoms with E-state index >= 15 is 0 Å². The number of rotatable bonds is 6. The van der Waals surface area contributed by atoms with Crippen LogP contribution in [0.5, 0.6) is 0 Å². The molecular formula is C13H17BrFN. The Morgan fingerprint density at radius 1 is 1.56 bits per heavy atom. The fraction of sp³-hybridized carbons (Fsp3) is 0.385. The lowest BCUT2D eigenvalue weighted by molar-refractivity contribution is 0.512. The lowest BCUT2D eigenvalue weighted by atomic mass is 10.0. The van der Waals surface area contributed by atoms with Crippen LogP contribution in [-0.2, 0) is 6.42 Å². The van der Waals surface area contributed by atoms with Gasteiger partial charge in [0.25, 0.3) is 0 Å². The Balaban J connectivity index is 2.75. The van der Waals surface area contributed by atoms with Gasteiger partial charge in [0.2, 0.25) is 0 Å². The molecule has 0 aliphatic heterocycles. The Morgan fingerprint density at radius 2 is 2.31 bits per heavy atom. The Kier molecular flexibility index (Phi) is 5.71. The predicted molar refractivity (Wildman–Crippen MR) is 70.1 cm³/mol. The molecule has 1 unspecified atom stereocenters. The van der Waals surface area contributed by atoms with Gasteiger partial charge in [-0.1, -0.05) is 28.9 Å². The summed E-state index contributed by atoms with van der Waals surface area (Å²) in [7, 11) is 0. The van der Waals surface area contributed by atoms with Crippen LogP contribution in [0.1, 0.15) is 18.9 Å². The molecule has 3 heteroatoms. The molecule has 1 nitrogen and oxygen atoms in total. The minimum Gasteiger partial charge on any atom is -0.314 e. The van der Waals surface area contributed by atoms with E-state index < -0.39 is 0 Å². The highest BCUT2D eigenvalue weighted by Gasteiger charge is 2.10. The summed E-state index contributed by atoms with van der Waals surface area (Å²) in [6.07, 6.45) is 3.40. The predicted octanol–water partition coefficient (Wildman–Crippen LogP) is 3.68. The van der Waals surface area contributed by atoms with E-state index in [4.69, 9.17) is 0 Å². The van der Waals surface area contributed by atoms with Crippen LogP contribution in [0.15, 0.2) is 35.3 Å². The van der Waals surface area contributed by atoms with Gasteiger partial charge in [0.1, 0.15) is 5.82 Å². The summed E-state index contributed by atoms with van der Waals surface area (Å²) in [4.78, 5) is 0. The van der Waals surface area contributed by atoms with Crippen LogP contribution in [0.2, 0.25) is 0 Å². The van der Waals surface area contributed by atoms with Crippen LogP contribution < -0.4 is 5.32 Å². The molecule has 0 saturated carbocycles. The molecule has 88 valence electrons. The van der Waals surface area contributed by atoms with Crippen molar-refractivity contribution in [2.45, 2.75) is 25.8 Å². The lowest BCUT2D eigenvalue weighted by Gasteiger charge is -2.16. The zero-order valence-electron chi connectivity index (χ0n) is 9.47. The zero-order chi connectivity index (χ0) is 12.0. The summed E-state index contributed by atoms with van der Waals surface area (Å²) in [6, 6.07) is 5.31. The zero-order valence-corrected chi connectivity index (χ0v) is 11.1. The van der Waals surface area contributed by atoms with Gasteiger partial charge in [0, 0.05) is 10.5 Å². The first-order chi connectivity index (χ1) is 7.67. The van der Waals surface area contributed by atoms with Crippen molar-refractivity contribution in [2.75, 3.05) is 6.54 Å². The standard InChI is InChI=1S/C13H17BrFN/c1-3-5-12(16-4-2)9-10-8-11(14)6-7-13(10)15/h3,6-8,12,16H,1,4-5,9H2,2H3.